The van der Waals surface area contributed by atoms with Gasteiger partial charge in [0.2, 0.25) is 11.8 Å². The van der Waals surface area contributed by atoms with Crippen molar-refractivity contribution in [1.82, 2.24) is 35.3 Å². The van der Waals surface area contributed by atoms with Gasteiger partial charge in [-0.2, -0.15) is 10.1 Å². The summed E-state index contributed by atoms with van der Waals surface area (Å²) < 4.78 is 13.1. The Hall–Kier alpha value is -4.49. The molecule has 2 amide bonds. The first-order valence-electron chi connectivity index (χ1n) is 15.1. The van der Waals surface area contributed by atoms with Gasteiger partial charge < -0.3 is 30.3 Å². The summed E-state index contributed by atoms with van der Waals surface area (Å²) in [5, 5.41) is 23.0. The third-order valence-electron chi connectivity index (χ3n) is 8.28. The van der Waals surface area contributed by atoms with Gasteiger partial charge in [0, 0.05) is 57.3 Å². The van der Waals surface area contributed by atoms with Crippen LogP contribution < -0.4 is 25.6 Å². The Kier molecular flexibility index (Phi) is 9.26. The van der Waals surface area contributed by atoms with E-state index in [-0.39, 0.29) is 24.0 Å². The van der Waals surface area contributed by atoms with E-state index in [0.29, 0.717) is 35.6 Å². The first-order valence-corrected chi connectivity index (χ1v) is 15.5. The maximum absolute atomic E-state index is 12.8. The van der Waals surface area contributed by atoms with Crippen LogP contribution >= 0.6 is 11.6 Å². The SMILES string of the molecule is Cc1c(-c2ccnn2C)nnc(N2CCC(NC(=O)Nc3ccc(Oc4nc(NC5CCOCC5)ncc4Cl)cc3)CC2)c1C. The van der Waals surface area contributed by atoms with E-state index >= 15 is 0 Å². The molecule has 0 unspecified atom stereocenters. The molecule has 4 aromatic rings. The molecule has 0 spiro atoms. The van der Waals surface area contributed by atoms with Crippen LogP contribution in [0.3, 0.4) is 0 Å². The van der Waals surface area contributed by atoms with Crippen molar-refractivity contribution < 1.29 is 14.3 Å². The van der Waals surface area contributed by atoms with Crippen LogP contribution in [0, 0.1) is 13.8 Å². The summed E-state index contributed by atoms with van der Waals surface area (Å²) in [5.41, 5.74) is 4.62. The molecule has 3 N–H and O–H groups in total. The van der Waals surface area contributed by atoms with Crippen molar-refractivity contribution in [3.8, 4) is 23.0 Å². The molecule has 0 saturated carbocycles. The number of nitrogens with zero attached hydrogens (tertiary/aromatic N) is 7. The summed E-state index contributed by atoms with van der Waals surface area (Å²) in [7, 11) is 1.90. The Labute approximate surface area is 266 Å². The number of benzene rings is 1. The quantitative estimate of drug-likeness (QED) is 0.240. The van der Waals surface area contributed by atoms with Gasteiger partial charge in [0.25, 0.3) is 0 Å². The molecule has 14 heteroatoms. The molecule has 5 heterocycles. The topological polar surface area (TPSA) is 144 Å². The smallest absolute Gasteiger partial charge is 0.319 e. The zero-order valence-electron chi connectivity index (χ0n) is 25.6. The lowest BCUT2D eigenvalue weighted by atomic mass is 10.0. The molecule has 0 radical (unpaired) electrons. The van der Waals surface area contributed by atoms with Gasteiger partial charge in [-0.25, -0.2) is 9.78 Å². The van der Waals surface area contributed by atoms with Crippen LogP contribution in [0.25, 0.3) is 11.4 Å². The van der Waals surface area contributed by atoms with Gasteiger partial charge in [0.05, 0.1) is 11.9 Å². The van der Waals surface area contributed by atoms with Crippen LogP contribution in [0.15, 0.2) is 42.7 Å². The fourth-order valence-corrected chi connectivity index (χ4v) is 5.70. The Morgan fingerprint density at radius 3 is 2.47 bits per heavy atom. The number of nitrogens with one attached hydrogen (secondary N) is 3. The Balaban J connectivity index is 0.988. The average Bonchev–Trinajstić information content (AvgIpc) is 3.47. The Morgan fingerprint density at radius 2 is 1.76 bits per heavy atom. The van der Waals surface area contributed by atoms with E-state index in [1.807, 2.05) is 13.1 Å². The Bertz CT molecular complexity index is 1630. The molecule has 0 bridgehead atoms. The summed E-state index contributed by atoms with van der Waals surface area (Å²) in [6.07, 6.45) is 6.66. The van der Waals surface area contributed by atoms with Crippen molar-refractivity contribution in [2.75, 3.05) is 41.8 Å². The van der Waals surface area contributed by atoms with Gasteiger partial charge in [0.1, 0.15) is 16.5 Å². The molecule has 2 saturated heterocycles. The van der Waals surface area contributed by atoms with E-state index < -0.39 is 0 Å². The van der Waals surface area contributed by atoms with Gasteiger partial charge >= 0.3 is 6.03 Å². The molecular formula is C31H37ClN10O3. The van der Waals surface area contributed by atoms with E-state index in [1.54, 1.807) is 35.1 Å². The summed E-state index contributed by atoms with van der Waals surface area (Å²) in [4.78, 5) is 23.7. The minimum absolute atomic E-state index is 0.0517. The number of anilines is 3. The molecule has 2 aliphatic heterocycles. The van der Waals surface area contributed by atoms with Crippen molar-refractivity contribution in [2.45, 2.75) is 51.6 Å². The second-order valence-corrected chi connectivity index (χ2v) is 11.7. The van der Waals surface area contributed by atoms with Gasteiger partial charge in [-0.05, 0) is 81.0 Å². The third kappa shape index (κ3) is 7.26. The molecule has 2 aliphatic rings. The molecule has 45 heavy (non-hydrogen) atoms. The number of carbonyl (C=O) groups is 1. The molecular weight excluding hydrogens is 596 g/mol. The molecule has 13 nitrogen and oxygen atoms in total. The lowest BCUT2D eigenvalue weighted by Gasteiger charge is -2.34. The van der Waals surface area contributed by atoms with Crippen LogP contribution in [0.5, 0.6) is 11.6 Å². The number of urea groups is 1. The van der Waals surface area contributed by atoms with Gasteiger partial charge in [-0.3, -0.25) is 4.68 Å². The lowest BCUT2D eigenvalue weighted by Crippen LogP contribution is -2.46. The first kappa shape index (κ1) is 30.5. The number of aromatic nitrogens is 6. The fraction of sp³-hybridized carbons (Fsp3) is 0.419. The average molecular weight is 633 g/mol. The highest BCUT2D eigenvalue weighted by atomic mass is 35.5. The number of amides is 2. The highest BCUT2D eigenvalue weighted by Gasteiger charge is 2.25. The van der Waals surface area contributed by atoms with Crippen molar-refractivity contribution >= 4 is 35.1 Å². The fourth-order valence-electron chi connectivity index (χ4n) is 5.57. The minimum atomic E-state index is -0.253. The second kappa shape index (κ2) is 13.7. The van der Waals surface area contributed by atoms with Crippen molar-refractivity contribution in [3.05, 3.63) is 58.9 Å². The normalized spacial score (nSPS) is 16.0. The molecule has 2 fully saturated rings. The number of aryl methyl sites for hydroxylation is 1. The van der Waals surface area contributed by atoms with Gasteiger partial charge in [-0.15, -0.1) is 10.2 Å². The van der Waals surface area contributed by atoms with Crippen molar-refractivity contribution in [3.63, 3.8) is 0 Å². The molecule has 6 rings (SSSR count). The number of hydrogen-bond donors (Lipinski definition) is 3. The molecule has 0 aliphatic carbocycles. The van der Waals surface area contributed by atoms with Crippen LogP contribution in [-0.2, 0) is 11.8 Å². The monoisotopic (exact) mass is 632 g/mol. The third-order valence-corrected chi connectivity index (χ3v) is 8.54. The van der Waals surface area contributed by atoms with Crippen LogP contribution in [0.4, 0.5) is 22.2 Å². The van der Waals surface area contributed by atoms with E-state index in [4.69, 9.17) is 21.1 Å². The summed E-state index contributed by atoms with van der Waals surface area (Å²) in [5.74, 6) is 2.14. The van der Waals surface area contributed by atoms with E-state index in [2.05, 4.69) is 60.0 Å². The summed E-state index contributed by atoms with van der Waals surface area (Å²) in [6, 6.07) is 9.03. The standard InChI is InChI=1S/C31H37ClN10O3/c1-19-20(2)28(40-39-27(19)26-8-13-34-41(26)3)42-14-9-22(10-15-42)37-31(43)36-21-4-6-24(7-5-21)45-29-25(32)18-33-30(38-29)35-23-11-16-44-17-12-23/h4-8,13,18,22-23H,9-12,14-17H2,1-3H3,(H,33,35,38)(H2,36,37,43). The minimum Gasteiger partial charge on any atom is -0.437 e. The maximum Gasteiger partial charge on any atom is 0.319 e. The number of rotatable bonds is 8. The number of piperidine rings is 1. The predicted molar refractivity (Wildman–Crippen MR) is 172 cm³/mol. The second-order valence-electron chi connectivity index (χ2n) is 11.3. The molecule has 0 atom stereocenters. The molecule has 3 aromatic heterocycles. The highest BCUT2D eigenvalue weighted by Crippen LogP contribution is 2.30. The zero-order chi connectivity index (χ0) is 31.3. The van der Waals surface area contributed by atoms with E-state index in [1.165, 1.54) is 6.20 Å². The highest BCUT2D eigenvalue weighted by molar-refractivity contribution is 6.31. The van der Waals surface area contributed by atoms with Crippen LogP contribution in [-0.4, -0.2) is 74.4 Å². The number of carbonyl (C=O) groups excluding carboxylic acids is 1. The number of ether oxygens (including phenoxy) is 2. The molecule has 236 valence electrons. The lowest BCUT2D eigenvalue weighted by molar-refractivity contribution is 0.0903. The zero-order valence-corrected chi connectivity index (χ0v) is 26.3. The van der Waals surface area contributed by atoms with Gasteiger partial charge in [0.15, 0.2) is 5.82 Å². The van der Waals surface area contributed by atoms with E-state index in [0.717, 1.165) is 67.1 Å². The van der Waals surface area contributed by atoms with Gasteiger partial charge in [-0.1, -0.05) is 11.6 Å². The molecule has 1 aromatic carbocycles. The van der Waals surface area contributed by atoms with Crippen molar-refractivity contribution in [1.29, 1.82) is 0 Å². The number of hydrogen-bond acceptors (Lipinski definition) is 10. The van der Waals surface area contributed by atoms with E-state index in [9.17, 15) is 4.79 Å². The summed E-state index contributed by atoms with van der Waals surface area (Å²) >= 11 is 6.29. The Morgan fingerprint density at radius 1 is 1.00 bits per heavy atom. The van der Waals surface area contributed by atoms with Crippen LogP contribution in [0.1, 0.15) is 36.8 Å². The maximum atomic E-state index is 12.8. The number of halogens is 1. The van der Waals surface area contributed by atoms with Crippen LogP contribution in [0.2, 0.25) is 5.02 Å². The first-order chi connectivity index (χ1) is 21.8. The summed E-state index contributed by atoms with van der Waals surface area (Å²) in [6.45, 7) is 7.12. The van der Waals surface area contributed by atoms with Crippen molar-refractivity contribution in [2.24, 2.45) is 7.05 Å². The predicted octanol–water partition coefficient (Wildman–Crippen LogP) is 5.11. The largest absolute Gasteiger partial charge is 0.437 e.